The first-order chi connectivity index (χ1) is 4.38. The molecular formula is C9H12. The quantitative estimate of drug-likeness (QED) is 0.498. The molecule has 0 aromatic rings. The summed E-state index contributed by atoms with van der Waals surface area (Å²) in [6, 6.07) is 0. The Bertz CT molecular complexity index is 153. The molecule has 1 unspecified atom stereocenters. The van der Waals surface area contributed by atoms with Crippen LogP contribution in [0.2, 0.25) is 0 Å². The van der Waals surface area contributed by atoms with Gasteiger partial charge in [-0.15, -0.1) is 0 Å². The molecular weight excluding hydrogens is 108 g/mol. The van der Waals surface area contributed by atoms with E-state index < -0.39 is 0 Å². The molecule has 0 aliphatic heterocycles. The molecule has 0 aromatic carbocycles. The third-order valence-electron chi connectivity index (χ3n) is 2.44. The van der Waals surface area contributed by atoms with Crippen molar-refractivity contribution in [3.63, 3.8) is 0 Å². The molecule has 2 atom stereocenters. The van der Waals surface area contributed by atoms with Crippen LogP contribution in [0.15, 0.2) is 24.3 Å². The van der Waals surface area contributed by atoms with Gasteiger partial charge in [0.25, 0.3) is 0 Å². The minimum absolute atomic E-state index is 0.792. The Hall–Kier alpha value is -0.520. The third-order valence-corrected chi connectivity index (χ3v) is 2.44. The van der Waals surface area contributed by atoms with Gasteiger partial charge < -0.3 is 0 Å². The van der Waals surface area contributed by atoms with Gasteiger partial charge in [0.2, 0.25) is 0 Å². The lowest BCUT2D eigenvalue weighted by Gasteiger charge is -1.99. The minimum atomic E-state index is 0.792. The summed E-state index contributed by atoms with van der Waals surface area (Å²) in [6.45, 7) is 2.34. The molecule has 9 heavy (non-hydrogen) atoms. The minimum Gasteiger partial charge on any atom is -0.0773 e. The standard InChI is InChI=1S/C9H12/c1-7-6-9(7)8-4-2-3-5-8/h2-5,7-9H,6H2,1H3/t7?,9-/m0/s1. The van der Waals surface area contributed by atoms with E-state index in [9.17, 15) is 0 Å². The molecule has 2 aliphatic carbocycles. The fraction of sp³-hybridized carbons (Fsp3) is 0.556. The van der Waals surface area contributed by atoms with Gasteiger partial charge in [-0.1, -0.05) is 31.2 Å². The van der Waals surface area contributed by atoms with Crippen LogP contribution in [0.25, 0.3) is 0 Å². The lowest BCUT2D eigenvalue weighted by Crippen LogP contribution is -1.92. The normalized spacial score (nSPS) is 40.1. The van der Waals surface area contributed by atoms with E-state index in [4.69, 9.17) is 0 Å². The van der Waals surface area contributed by atoms with Crippen molar-refractivity contribution in [3.05, 3.63) is 24.3 Å². The maximum Gasteiger partial charge on any atom is -0.00163 e. The van der Waals surface area contributed by atoms with E-state index in [1.54, 1.807) is 0 Å². The highest BCUT2D eigenvalue weighted by molar-refractivity contribution is 5.20. The Balaban J connectivity index is 2.00. The summed E-state index contributed by atoms with van der Waals surface area (Å²) in [7, 11) is 0. The first-order valence-corrected chi connectivity index (χ1v) is 3.73. The van der Waals surface area contributed by atoms with E-state index in [-0.39, 0.29) is 0 Å². The first kappa shape index (κ1) is 5.28. The highest BCUT2D eigenvalue weighted by Gasteiger charge is 2.37. The van der Waals surface area contributed by atoms with Crippen LogP contribution in [0.3, 0.4) is 0 Å². The van der Waals surface area contributed by atoms with E-state index in [0.717, 1.165) is 17.8 Å². The average molecular weight is 120 g/mol. The second-order valence-electron chi connectivity index (χ2n) is 3.22. The van der Waals surface area contributed by atoms with Crippen molar-refractivity contribution in [2.45, 2.75) is 13.3 Å². The molecule has 0 bridgehead atoms. The number of rotatable bonds is 1. The highest BCUT2D eigenvalue weighted by Crippen LogP contribution is 2.45. The summed E-state index contributed by atoms with van der Waals surface area (Å²) in [6.07, 6.45) is 10.4. The molecule has 1 saturated carbocycles. The SMILES string of the molecule is CC1C[C@@H]1C1C=CC=C1. The third kappa shape index (κ3) is 0.827. The van der Waals surface area contributed by atoms with Crippen LogP contribution in [0.5, 0.6) is 0 Å². The maximum absolute atomic E-state index is 2.34. The zero-order valence-electron chi connectivity index (χ0n) is 5.75. The number of hydrogen-bond donors (Lipinski definition) is 0. The van der Waals surface area contributed by atoms with Gasteiger partial charge in [0.15, 0.2) is 0 Å². The van der Waals surface area contributed by atoms with E-state index >= 15 is 0 Å². The molecule has 0 aromatic heterocycles. The Morgan fingerprint density at radius 2 is 1.78 bits per heavy atom. The van der Waals surface area contributed by atoms with Gasteiger partial charge in [-0.05, 0) is 24.2 Å². The second-order valence-corrected chi connectivity index (χ2v) is 3.22. The Morgan fingerprint density at radius 1 is 1.22 bits per heavy atom. The molecule has 0 N–H and O–H groups in total. The Morgan fingerprint density at radius 3 is 2.22 bits per heavy atom. The molecule has 0 spiro atoms. The average Bonchev–Trinajstić information content (AvgIpc) is 2.44. The van der Waals surface area contributed by atoms with Gasteiger partial charge in [-0.3, -0.25) is 0 Å². The second kappa shape index (κ2) is 1.73. The zero-order valence-corrected chi connectivity index (χ0v) is 5.75. The monoisotopic (exact) mass is 120 g/mol. The van der Waals surface area contributed by atoms with Crippen molar-refractivity contribution in [2.75, 3.05) is 0 Å². The largest absolute Gasteiger partial charge is 0.0773 e. The van der Waals surface area contributed by atoms with E-state index in [2.05, 4.69) is 31.2 Å². The molecule has 48 valence electrons. The topological polar surface area (TPSA) is 0 Å². The van der Waals surface area contributed by atoms with E-state index in [1.165, 1.54) is 6.42 Å². The predicted octanol–water partition coefficient (Wildman–Crippen LogP) is 2.38. The molecule has 0 heterocycles. The molecule has 2 aliphatic rings. The van der Waals surface area contributed by atoms with Crippen LogP contribution >= 0.6 is 0 Å². The van der Waals surface area contributed by atoms with Crippen molar-refractivity contribution >= 4 is 0 Å². The fourth-order valence-electron chi connectivity index (χ4n) is 1.62. The Labute approximate surface area is 56.3 Å². The summed E-state index contributed by atoms with van der Waals surface area (Å²) in [5.74, 6) is 2.77. The van der Waals surface area contributed by atoms with Gasteiger partial charge in [-0.25, -0.2) is 0 Å². The van der Waals surface area contributed by atoms with Crippen LogP contribution in [0, 0.1) is 17.8 Å². The summed E-state index contributed by atoms with van der Waals surface area (Å²) >= 11 is 0. The summed E-state index contributed by atoms with van der Waals surface area (Å²) in [5, 5.41) is 0. The molecule has 2 rings (SSSR count). The van der Waals surface area contributed by atoms with Gasteiger partial charge in [0, 0.05) is 0 Å². The van der Waals surface area contributed by atoms with Gasteiger partial charge in [-0.2, -0.15) is 0 Å². The molecule has 0 nitrogen and oxygen atoms in total. The van der Waals surface area contributed by atoms with Crippen molar-refractivity contribution in [3.8, 4) is 0 Å². The zero-order chi connectivity index (χ0) is 6.27. The molecule has 0 amide bonds. The van der Waals surface area contributed by atoms with Crippen molar-refractivity contribution in [1.82, 2.24) is 0 Å². The number of hydrogen-bond acceptors (Lipinski definition) is 0. The smallest absolute Gasteiger partial charge is 0.00163 e. The molecule has 0 heteroatoms. The van der Waals surface area contributed by atoms with Gasteiger partial charge in [0.1, 0.15) is 0 Å². The van der Waals surface area contributed by atoms with Crippen LogP contribution in [-0.4, -0.2) is 0 Å². The predicted molar refractivity (Wildman–Crippen MR) is 39.0 cm³/mol. The molecule has 0 radical (unpaired) electrons. The summed E-state index contributed by atoms with van der Waals surface area (Å²) < 4.78 is 0. The van der Waals surface area contributed by atoms with Gasteiger partial charge in [0.05, 0.1) is 0 Å². The molecule has 1 fully saturated rings. The Kier molecular flexibility index (Phi) is 1.01. The van der Waals surface area contributed by atoms with Crippen LogP contribution in [0.4, 0.5) is 0 Å². The lowest BCUT2D eigenvalue weighted by atomic mass is 10.1. The summed E-state index contributed by atoms with van der Waals surface area (Å²) in [4.78, 5) is 0. The first-order valence-electron chi connectivity index (χ1n) is 3.73. The van der Waals surface area contributed by atoms with Crippen molar-refractivity contribution in [1.29, 1.82) is 0 Å². The van der Waals surface area contributed by atoms with Crippen molar-refractivity contribution < 1.29 is 0 Å². The molecule has 0 saturated heterocycles. The maximum atomic E-state index is 2.34. The van der Waals surface area contributed by atoms with Crippen LogP contribution in [0.1, 0.15) is 13.3 Å². The van der Waals surface area contributed by atoms with Crippen molar-refractivity contribution in [2.24, 2.45) is 17.8 Å². The van der Waals surface area contributed by atoms with Crippen LogP contribution < -0.4 is 0 Å². The number of allylic oxidation sites excluding steroid dienone is 4. The van der Waals surface area contributed by atoms with E-state index in [0.29, 0.717) is 0 Å². The summed E-state index contributed by atoms with van der Waals surface area (Å²) in [5.41, 5.74) is 0. The van der Waals surface area contributed by atoms with Crippen LogP contribution in [-0.2, 0) is 0 Å². The fourth-order valence-corrected chi connectivity index (χ4v) is 1.62. The highest BCUT2D eigenvalue weighted by atomic mass is 14.4. The van der Waals surface area contributed by atoms with Gasteiger partial charge >= 0.3 is 0 Å². The van der Waals surface area contributed by atoms with E-state index in [1.807, 2.05) is 0 Å². The lowest BCUT2D eigenvalue weighted by molar-refractivity contribution is 0.648.